The molecule has 2 N–H and O–H groups in total. The predicted molar refractivity (Wildman–Crippen MR) is 94.7 cm³/mol. The topological polar surface area (TPSA) is 71.5 Å². The van der Waals surface area contributed by atoms with Gasteiger partial charge in [-0.25, -0.2) is 0 Å². The Labute approximate surface area is 148 Å². The van der Waals surface area contributed by atoms with Crippen LogP contribution >= 0.6 is 0 Å². The van der Waals surface area contributed by atoms with E-state index in [4.69, 9.17) is 4.74 Å². The van der Waals surface area contributed by atoms with E-state index in [9.17, 15) is 9.90 Å². The fourth-order valence-corrected chi connectivity index (χ4v) is 3.15. The summed E-state index contributed by atoms with van der Waals surface area (Å²) in [5.74, 6) is 0.192. The SMILES string of the molecule is O=C(COCc1ccccc1)N[C@@H](Cc1ccncc1)C1CC(O)C1. The summed E-state index contributed by atoms with van der Waals surface area (Å²) in [4.78, 5) is 16.3. The predicted octanol–water partition coefficient (Wildman–Crippen LogP) is 2.10. The maximum absolute atomic E-state index is 12.2. The van der Waals surface area contributed by atoms with E-state index in [1.54, 1.807) is 12.4 Å². The molecule has 1 amide bonds. The second-order valence-corrected chi connectivity index (χ2v) is 6.60. The zero-order valence-corrected chi connectivity index (χ0v) is 14.2. The van der Waals surface area contributed by atoms with Crippen LogP contribution in [0.15, 0.2) is 54.9 Å². The second-order valence-electron chi connectivity index (χ2n) is 6.60. The van der Waals surface area contributed by atoms with E-state index >= 15 is 0 Å². The highest BCUT2D eigenvalue weighted by Crippen LogP contribution is 2.31. The number of aliphatic hydroxyl groups excluding tert-OH is 1. The van der Waals surface area contributed by atoms with Crippen LogP contribution in [0.1, 0.15) is 24.0 Å². The lowest BCUT2D eigenvalue weighted by Crippen LogP contribution is -2.49. The van der Waals surface area contributed by atoms with Crippen LogP contribution in [0.3, 0.4) is 0 Å². The quantitative estimate of drug-likeness (QED) is 0.772. The highest BCUT2D eigenvalue weighted by Gasteiger charge is 2.34. The third-order valence-corrected chi connectivity index (χ3v) is 4.61. The number of benzene rings is 1. The third-order valence-electron chi connectivity index (χ3n) is 4.61. The van der Waals surface area contributed by atoms with Crippen molar-refractivity contribution in [3.05, 3.63) is 66.0 Å². The van der Waals surface area contributed by atoms with Gasteiger partial charge >= 0.3 is 0 Å². The number of hydrogen-bond donors (Lipinski definition) is 2. The number of hydrogen-bond acceptors (Lipinski definition) is 4. The third kappa shape index (κ3) is 5.37. The summed E-state index contributed by atoms with van der Waals surface area (Å²) in [6.45, 7) is 0.461. The van der Waals surface area contributed by atoms with Crippen molar-refractivity contribution in [2.45, 2.75) is 38.0 Å². The van der Waals surface area contributed by atoms with Gasteiger partial charge in [-0.3, -0.25) is 9.78 Å². The highest BCUT2D eigenvalue weighted by molar-refractivity contribution is 5.77. The number of carbonyl (C=O) groups is 1. The first-order valence-corrected chi connectivity index (χ1v) is 8.68. The molecule has 1 fully saturated rings. The molecule has 5 heteroatoms. The van der Waals surface area contributed by atoms with Crippen molar-refractivity contribution >= 4 is 5.91 Å². The molecule has 1 aliphatic carbocycles. The minimum atomic E-state index is -0.240. The van der Waals surface area contributed by atoms with Gasteiger partial charge in [0.25, 0.3) is 0 Å². The van der Waals surface area contributed by atoms with Crippen molar-refractivity contribution < 1.29 is 14.6 Å². The number of ether oxygens (including phenoxy) is 1. The van der Waals surface area contributed by atoms with E-state index in [2.05, 4.69) is 10.3 Å². The van der Waals surface area contributed by atoms with Crippen molar-refractivity contribution in [3.8, 4) is 0 Å². The van der Waals surface area contributed by atoms with Crippen LogP contribution in [-0.4, -0.2) is 34.8 Å². The zero-order chi connectivity index (χ0) is 17.5. The molecule has 1 aromatic heterocycles. The van der Waals surface area contributed by atoms with E-state index in [0.717, 1.165) is 30.4 Å². The smallest absolute Gasteiger partial charge is 0.246 e. The lowest BCUT2D eigenvalue weighted by molar-refractivity contribution is -0.128. The van der Waals surface area contributed by atoms with Gasteiger partial charge in [-0.1, -0.05) is 30.3 Å². The van der Waals surface area contributed by atoms with Gasteiger partial charge in [0.1, 0.15) is 6.61 Å². The first-order chi connectivity index (χ1) is 12.2. The standard InChI is InChI=1S/C20H24N2O3/c23-18-11-17(12-18)19(10-15-6-8-21-9-7-15)22-20(24)14-25-13-16-4-2-1-3-5-16/h1-9,17-19,23H,10-14H2,(H,22,24)/t17?,18?,19-/m0/s1. The Morgan fingerprint density at radius 3 is 2.56 bits per heavy atom. The van der Waals surface area contributed by atoms with Crippen molar-refractivity contribution in [1.29, 1.82) is 0 Å². The number of aliphatic hydroxyl groups is 1. The van der Waals surface area contributed by atoms with Gasteiger partial charge in [-0.2, -0.15) is 0 Å². The average Bonchev–Trinajstić information content (AvgIpc) is 2.60. The summed E-state index contributed by atoms with van der Waals surface area (Å²) in [5.41, 5.74) is 2.18. The molecule has 2 aromatic rings. The number of nitrogens with one attached hydrogen (secondary N) is 1. The van der Waals surface area contributed by atoms with Crippen molar-refractivity contribution in [1.82, 2.24) is 10.3 Å². The molecule has 5 nitrogen and oxygen atoms in total. The Morgan fingerprint density at radius 2 is 1.88 bits per heavy atom. The van der Waals surface area contributed by atoms with Crippen LogP contribution in [0.5, 0.6) is 0 Å². The van der Waals surface area contributed by atoms with Crippen LogP contribution in [0.4, 0.5) is 0 Å². The molecule has 132 valence electrons. The summed E-state index contributed by atoms with van der Waals surface area (Å²) < 4.78 is 5.51. The van der Waals surface area contributed by atoms with Gasteiger partial charge in [-0.05, 0) is 48.4 Å². The molecule has 1 saturated carbocycles. The highest BCUT2D eigenvalue weighted by atomic mass is 16.5. The van der Waals surface area contributed by atoms with Crippen LogP contribution in [0, 0.1) is 5.92 Å². The van der Waals surface area contributed by atoms with Gasteiger partial charge in [0.2, 0.25) is 5.91 Å². The lowest BCUT2D eigenvalue weighted by Gasteiger charge is -2.38. The minimum Gasteiger partial charge on any atom is -0.393 e. The van der Waals surface area contributed by atoms with Crippen LogP contribution in [-0.2, 0) is 22.6 Å². The summed E-state index contributed by atoms with van der Waals surface area (Å²) >= 11 is 0. The van der Waals surface area contributed by atoms with E-state index in [1.165, 1.54) is 0 Å². The summed E-state index contributed by atoms with van der Waals surface area (Å²) in [5, 5.41) is 12.7. The average molecular weight is 340 g/mol. The molecular weight excluding hydrogens is 316 g/mol. The van der Waals surface area contributed by atoms with E-state index in [-0.39, 0.29) is 24.7 Å². The number of aromatic nitrogens is 1. The molecule has 25 heavy (non-hydrogen) atoms. The fourth-order valence-electron chi connectivity index (χ4n) is 3.15. The van der Waals surface area contributed by atoms with Gasteiger partial charge in [0, 0.05) is 18.4 Å². The van der Waals surface area contributed by atoms with E-state index in [1.807, 2.05) is 42.5 Å². The molecule has 0 bridgehead atoms. The van der Waals surface area contributed by atoms with Crippen molar-refractivity contribution in [2.24, 2.45) is 5.92 Å². The summed E-state index contributed by atoms with van der Waals surface area (Å²) in [7, 11) is 0. The van der Waals surface area contributed by atoms with Crippen LogP contribution in [0.2, 0.25) is 0 Å². The Bertz CT molecular complexity index is 657. The van der Waals surface area contributed by atoms with E-state index < -0.39 is 0 Å². The number of amides is 1. The van der Waals surface area contributed by atoms with Gasteiger partial charge in [0.15, 0.2) is 0 Å². The largest absolute Gasteiger partial charge is 0.393 e. The number of rotatable bonds is 8. The Morgan fingerprint density at radius 1 is 1.16 bits per heavy atom. The first kappa shape index (κ1) is 17.6. The monoisotopic (exact) mass is 340 g/mol. The molecule has 0 aliphatic heterocycles. The summed E-state index contributed by atoms with van der Waals surface area (Å²) in [6.07, 6.45) is 5.49. The van der Waals surface area contributed by atoms with Gasteiger partial charge < -0.3 is 15.2 Å². The Hall–Kier alpha value is -2.24. The minimum absolute atomic E-state index is 0.0126. The van der Waals surface area contributed by atoms with Crippen molar-refractivity contribution in [2.75, 3.05) is 6.61 Å². The first-order valence-electron chi connectivity index (χ1n) is 8.68. The van der Waals surface area contributed by atoms with Crippen LogP contribution in [0.25, 0.3) is 0 Å². The van der Waals surface area contributed by atoms with Crippen molar-refractivity contribution in [3.63, 3.8) is 0 Å². The molecule has 3 rings (SSSR count). The van der Waals surface area contributed by atoms with Gasteiger partial charge in [0.05, 0.1) is 12.7 Å². The molecule has 1 atom stereocenters. The van der Waals surface area contributed by atoms with Crippen LogP contribution < -0.4 is 5.32 Å². The van der Waals surface area contributed by atoms with E-state index in [0.29, 0.717) is 12.5 Å². The number of nitrogens with zero attached hydrogens (tertiary/aromatic N) is 1. The Balaban J connectivity index is 1.49. The molecule has 0 radical (unpaired) electrons. The Kier molecular flexibility index (Phi) is 6.14. The molecular formula is C20H24N2O3. The number of pyridine rings is 1. The maximum Gasteiger partial charge on any atom is 0.246 e. The maximum atomic E-state index is 12.2. The number of carbonyl (C=O) groups excluding carboxylic acids is 1. The normalized spacial score (nSPS) is 20.5. The molecule has 0 spiro atoms. The van der Waals surface area contributed by atoms with Gasteiger partial charge in [-0.15, -0.1) is 0 Å². The zero-order valence-electron chi connectivity index (χ0n) is 14.2. The molecule has 1 heterocycles. The molecule has 0 saturated heterocycles. The molecule has 1 aliphatic rings. The lowest BCUT2D eigenvalue weighted by atomic mass is 9.75. The molecule has 1 aromatic carbocycles. The fraction of sp³-hybridized carbons (Fsp3) is 0.400. The molecule has 0 unspecified atom stereocenters. The summed E-state index contributed by atoms with van der Waals surface area (Å²) in [6, 6.07) is 13.7. The second kappa shape index (κ2) is 8.74.